The molecule has 3 amide bonds. The van der Waals surface area contributed by atoms with E-state index in [1.54, 1.807) is 29.2 Å². The summed E-state index contributed by atoms with van der Waals surface area (Å²) in [7, 11) is 0. The van der Waals surface area contributed by atoms with Crippen molar-refractivity contribution in [3.63, 3.8) is 0 Å². The van der Waals surface area contributed by atoms with Gasteiger partial charge in [0.2, 0.25) is 11.8 Å². The number of carbonyl (C=O) groups is 3. The van der Waals surface area contributed by atoms with E-state index in [9.17, 15) is 14.4 Å². The lowest BCUT2D eigenvalue weighted by molar-refractivity contribution is -0.134. The summed E-state index contributed by atoms with van der Waals surface area (Å²) in [5.41, 5.74) is 1.16. The van der Waals surface area contributed by atoms with Gasteiger partial charge in [-0.25, -0.2) is 0 Å². The molecule has 1 fully saturated rings. The van der Waals surface area contributed by atoms with Crippen LogP contribution in [0.1, 0.15) is 37.6 Å². The average molecular weight is 331 g/mol. The van der Waals surface area contributed by atoms with Crippen molar-refractivity contribution in [1.29, 1.82) is 0 Å². The summed E-state index contributed by atoms with van der Waals surface area (Å²) in [6.45, 7) is 7.63. The zero-order chi connectivity index (χ0) is 17.7. The maximum absolute atomic E-state index is 12.7. The third kappa shape index (κ3) is 4.57. The summed E-state index contributed by atoms with van der Waals surface area (Å²) in [5.74, 6) is -0.128. The lowest BCUT2D eigenvalue weighted by Gasteiger charge is -2.23. The van der Waals surface area contributed by atoms with Crippen LogP contribution >= 0.6 is 0 Å². The van der Waals surface area contributed by atoms with Gasteiger partial charge < -0.3 is 15.1 Å². The van der Waals surface area contributed by atoms with Gasteiger partial charge in [-0.2, -0.15) is 0 Å². The molecule has 0 spiro atoms. The van der Waals surface area contributed by atoms with Crippen LogP contribution in [0.2, 0.25) is 0 Å². The topological polar surface area (TPSA) is 69.7 Å². The Hall–Kier alpha value is -2.37. The maximum Gasteiger partial charge on any atom is 0.253 e. The molecule has 0 unspecified atom stereocenters. The van der Waals surface area contributed by atoms with Crippen molar-refractivity contribution in [3.8, 4) is 0 Å². The van der Waals surface area contributed by atoms with E-state index >= 15 is 0 Å². The first-order valence-electron chi connectivity index (χ1n) is 8.34. The molecule has 1 aromatic carbocycles. The molecule has 1 aromatic rings. The first kappa shape index (κ1) is 18.0. The van der Waals surface area contributed by atoms with Crippen molar-refractivity contribution in [1.82, 2.24) is 9.80 Å². The molecule has 1 aliphatic heterocycles. The van der Waals surface area contributed by atoms with Gasteiger partial charge in [0.05, 0.1) is 0 Å². The van der Waals surface area contributed by atoms with Crippen LogP contribution in [0.15, 0.2) is 24.3 Å². The Balaban J connectivity index is 2.05. The quantitative estimate of drug-likeness (QED) is 0.921. The monoisotopic (exact) mass is 331 g/mol. The van der Waals surface area contributed by atoms with E-state index in [0.717, 1.165) is 6.42 Å². The van der Waals surface area contributed by atoms with E-state index in [0.29, 0.717) is 37.4 Å². The highest BCUT2D eigenvalue weighted by Gasteiger charge is 2.24. The van der Waals surface area contributed by atoms with Crippen LogP contribution < -0.4 is 5.32 Å². The molecule has 0 saturated carbocycles. The molecule has 0 aliphatic carbocycles. The fraction of sp³-hybridized carbons (Fsp3) is 0.500. The maximum atomic E-state index is 12.7. The van der Waals surface area contributed by atoms with Crippen molar-refractivity contribution < 1.29 is 14.4 Å². The SMILES string of the molecule is CC(=O)Nc1cccc(C(=O)N2CCCN(C(=O)C(C)C)CC2)c1. The molecule has 6 heteroatoms. The van der Waals surface area contributed by atoms with Crippen LogP contribution in [-0.2, 0) is 9.59 Å². The highest BCUT2D eigenvalue weighted by Crippen LogP contribution is 2.15. The number of anilines is 1. The van der Waals surface area contributed by atoms with Crippen molar-refractivity contribution in [2.24, 2.45) is 5.92 Å². The van der Waals surface area contributed by atoms with Gasteiger partial charge in [-0.1, -0.05) is 19.9 Å². The van der Waals surface area contributed by atoms with E-state index in [4.69, 9.17) is 0 Å². The zero-order valence-corrected chi connectivity index (χ0v) is 14.5. The summed E-state index contributed by atoms with van der Waals surface area (Å²) in [4.78, 5) is 39.6. The Morgan fingerprint density at radius 2 is 1.71 bits per heavy atom. The van der Waals surface area contributed by atoms with E-state index in [-0.39, 0.29) is 23.6 Å². The summed E-state index contributed by atoms with van der Waals surface area (Å²) >= 11 is 0. The van der Waals surface area contributed by atoms with Gasteiger partial charge in [-0.05, 0) is 24.6 Å². The number of benzene rings is 1. The van der Waals surface area contributed by atoms with E-state index < -0.39 is 0 Å². The predicted molar refractivity (Wildman–Crippen MR) is 92.7 cm³/mol. The molecule has 0 atom stereocenters. The predicted octanol–water partition coefficient (Wildman–Crippen LogP) is 1.98. The number of hydrogen-bond acceptors (Lipinski definition) is 3. The molecule has 0 radical (unpaired) electrons. The lowest BCUT2D eigenvalue weighted by atomic mass is 10.1. The smallest absolute Gasteiger partial charge is 0.253 e. The van der Waals surface area contributed by atoms with Crippen LogP contribution in [-0.4, -0.2) is 53.7 Å². The molecular weight excluding hydrogens is 306 g/mol. The summed E-state index contributed by atoms with van der Waals surface area (Å²) in [6, 6.07) is 6.94. The van der Waals surface area contributed by atoms with E-state index in [2.05, 4.69) is 5.32 Å². The lowest BCUT2D eigenvalue weighted by Crippen LogP contribution is -2.39. The minimum atomic E-state index is -0.169. The summed E-state index contributed by atoms with van der Waals surface area (Å²) in [5, 5.41) is 2.69. The molecule has 2 rings (SSSR count). The zero-order valence-electron chi connectivity index (χ0n) is 14.5. The summed E-state index contributed by atoms with van der Waals surface area (Å²) < 4.78 is 0. The number of hydrogen-bond donors (Lipinski definition) is 1. The standard InChI is InChI=1S/C18H25N3O3/c1-13(2)17(23)20-8-5-9-21(11-10-20)18(24)15-6-4-7-16(12-15)19-14(3)22/h4,6-7,12-13H,5,8-11H2,1-3H3,(H,19,22). The molecular formula is C18H25N3O3. The normalized spacial score (nSPS) is 15.2. The van der Waals surface area contributed by atoms with Crippen molar-refractivity contribution >= 4 is 23.4 Å². The molecule has 6 nitrogen and oxygen atoms in total. The molecule has 0 bridgehead atoms. The second kappa shape index (κ2) is 7.95. The largest absolute Gasteiger partial charge is 0.341 e. The molecule has 1 saturated heterocycles. The van der Waals surface area contributed by atoms with Gasteiger partial charge in [0.1, 0.15) is 0 Å². The van der Waals surface area contributed by atoms with Gasteiger partial charge in [0, 0.05) is 50.3 Å². The Kier molecular flexibility index (Phi) is 5.95. The molecule has 1 aliphatic rings. The highest BCUT2D eigenvalue weighted by molar-refractivity contribution is 5.96. The number of nitrogens with zero attached hydrogens (tertiary/aromatic N) is 2. The first-order chi connectivity index (χ1) is 11.4. The van der Waals surface area contributed by atoms with Gasteiger partial charge in [0.15, 0.2) is 0 Å². The number of carbonyl (C=O) groups excluding carboxylic acids is 3. The second-order valence-corrected chi connectivity index (χ2v) is 6.39. The van der Waals surface area contributed by atoms with Crippen LogP contribution in [0.5, 0.6) is 0 Å². The fourth-order valence-corrected chi connectivity index (χ4v) is 2.82. The third-order valence-electron chi connectivity index (χ3n) is 4.02. The molecule has 1 N–H and O–H groups in total. The van der Waals surface area contributed by atoms with Crippen LogP contribution in [0.4, 0.5) is 5.69 Å². The van der Waals surface area contributed by atoms with E-state index in [1.165, 1.54) is 6.92 Å². The second-order valence-electron chi connectivity index (χ2n) is 6.39. The minimum Gasteiger partial charge on any atom is -0.341 e. The Morgan fingerprint density at radius 1 is 1.04 bits per heavy atom. The Labute approximate surface area is 142 Å². The third-order valence-corrected chi connectivity index (χ3v) is 4.02. The first-order valence-corrected chi connectivity index (χ1v) is 8.34. The van der Waals surface area contributed by atoms with Crippen molar-refractivity contribution in [3.05, 3.63) is 29.8 Å². The van der Waals surface area contributed by atoms with Crippen molar-refractivity contribution in [2.75, 3.05) is 31.5 Å². The van der Waals surface area contributed by atoms with Gasteiger partial charge in [-0.15, -0.1) is 0 Å². The molecule has 130 valence electrons. The van der Waals surface area contributed by atoms with Crippen LogP contribution in [0, 0.1) is 5.92 Å². The Morgan fingerprint density at radius 3 is 2.38 bits per heavy atom. The highest BCUT2D eigenvalue weighted by atomic mass is 16.2. The molecule has 0 aromatic heterocycles. The van der Waals surface area contributed by atoms with E-state index in [1.807, 2.05) is 18.7 Å². The van der Waals surface area contributed by atoms with Crippen molar-refractivity contribution in [2.45, 2.75) is 27.2 Å². The Bertz CT molecular complexity index is 628. The van der Waals surface area contributed by atoms with Gasteiger partial charge >= 0.3 is 0 Å². The molecule has 1 heterocycles. The molecule has 24 heavy (non-hydrogen) atoms. The van der Waals surface area contributed by atoms with Gasteiger partial charge in [-0.3, -0.25) is 14.4 Å². The fourth-order valence-electron chi connectivity index (χ4n) is 2.82. The number of amides is 3. The van der Waals surface area contributed by atoms with Crippen LogP contribution in [0.25, 0.3) is 0 Å². The van der Waals surface area contributed by atoms with Crippen LogP contribution in [0.3, 0.4) is 0 Å². The number of nitrogens with one attached hydrogen (secondary N) is 1. The van der Waals surface area contributed by atoms with Gasteiger partial charge in [0.25, 0.3) is 5.91 Å². The number of rotatable bonds is 3. The average Bonchev–Trinajstić information content (AvgIpc) is 2.79. The minimum absolute atomic E-state index is 0.0263. The summed E-state index contributed by atoms with van der Waals surface area (Å²) in [6.07, 6.45) is 0.773.